The number of hydrogen-bond donors (Lipinski definition) is 0. The SMILES string of the molecule is C=CCn1c(=NC(=O)c2ccc(S(=O)(=O)N3CC(C)OC(C)C3)cc2)sc2ccc([N+](=O)[O-])cc21. The average Bonchev–Trinajstić information content (AvgIpc) is 3.15. The number of benzene rings is 2. The summed E-state index contributed by atoms with van der Waals surface area (Å²) in [6.07, 6.45) is 1.19. The van der Waals surface area contributed by atoms with Gasteiger partial charge >= 0.3 is 0 Å². The molecule has 0 spiro atoms. The Morgan fingerprint density at radius 3 is 2.49 bits per heavy atom. The van der Waals surface area contributed by atoms with Crippen LogP contribution in [0.25, 0.3) is 10.2 Å². The average molecular weight is 517 g/mol. The number of non-ortho nitro benzene ring substituents is 1. The van der Waals surface area contributed by atoms with Crippen molar-refractivity contribution in [2.24, 2.45) is 4.99 Å². The molecule has 1 fully saturated rings. The molecule has 0 radical (unpaired) electrons. The molecule has 1 aliphatic heterocycles. The molecule has 1 saturated heterocycles. The molecule has 1 aromatic heterocycles. The lowest BCUT2D eigenvalue weighted by molar-refractivity contribution is -0.384. The van der Waals surface area contributed by atoms with Crippen LogP contribution < -0.4 is 4.80 Å². The number of nitrogens with zero attached hydrogens (tertiary/aromatic N) is 4. The second kappa shape index (κ2) is 9.82. The lowest BCUT2D eigenvalue weighted by Crippen LogP contribution is -2.48. The number of sulfonamides is 1. The molecule has 0 bridgehead atoms. The first kappa shape index (κ1) is 24.9. The van der Waals surface area contributed by atoms with Crippen LogP contribution in [0, 0.1) is 10.1 Å². The Morgan fingerprint density at radius 2 is 1.89 bits per heavy atom. The number of hydrogen-bond acceptors (Lipinski definition) is 7. The highest BCUT2D eigenvalue weighted by Crippen LogP contribution is 2.24. The quantitative estimate of drug-likeness (QED) is 0.281. The highest BCUT2D eigenvalue weighted by molar-refractivity contribution is 7.89. The third-order valence-electron chi connectivity index (χ3n) is 5.51. The van der Waals surface area contributed by atoms with Crippen LogP contribution in [0.1, 0.15) is 24.2 Å². The lowest BCUT2D eigenvalue weighted by atomic mass is 10.2. The summed E-state index contributed by atoms with van der Waals surface area (Å²) in [5.41, 5.74) is 0.735. The van der Waals surface area contributed by atoms with Gasteiger partial charge in [0, 0.05) is 37.3 Å². The van der Waals surface area contributed by atoms with Crippen LogP contribution >= 0.6 is 11.3 Å². The van der Waals surface area contributed by atoms with Crippen LogP contribution in [0.5, 0.6) is 0 Å². The summed E-state index contributed by atoms with van der Waals surface area (Å²) in [4.78, 5) is 28.2. The van der Waals surface area contributed by atoms with Crippen molar-refractivity contribution in [3.8, 4) is 0 Å². The molecule has 1 aliphatic rings. The summed E-state index contributed by atoms with van der Waals surface area (Å²) < 4.78 is 35.5. The summed E-state index contributed by atoms with van der Waals surface area (Å²) >= 11 is 1.22. The first-order valence-corrected chi connectivity index (χ1v) is 13.1. The van der Waals surface area contributed by atoms with Crippen LogP contribution in [0.15, 0.2) is 65.0 Å². The van der Waals surface area contributed by atoms with Crippen molar-refractivity contribution < 1.29 is 22.9 Å². The molecule has 10 nitrogen and oxygen atoms in total. The zero-order valence-electron chi connectivity index (χ0n) is 19.2. The molecular formula is C23H24N4O6S2. The van der Waals surface area contributed by atoms with Gasteiger partial charge in [0.25, 0.3) is 11.6 Å². The first-order chi connectivity index (χ1) is 16.6. The predicted octanol–water partition coefficient (Wildman–Crippen LogP) is 3.34. The lowest BCUT2D eigenvalue weighted by Gasteiger charge is -2.34. The van der Waals surface area contributed by atoms with Crippen LogP contribution in [0.4, 0.5) is 5.69 Å². The molecule has 4 rings (SSSR count). The largest absolute Gasteiger partial charge is 0.373 e. The molecule has 3 aromatic rings. The number of nitro benzene ring substituents is 1. The Bertz CT molecular complexity index is 1460. The molecule has 0 N–H and O–H groups in total. The Hall–Kier alpha value is -3.19. The molecule has 12 heteroatoms. The van der Waals surface area contributed by atoms with E-state index in [-0.39, 0.29) is 41.4 Å². The van der Waals surface area contributed by atoms with E-state index >= 15 is 0 Å². The Labute approximate surface area is 206 Å². The number of morpholine rings is 1. The monoisotopic (exact) mass is 516 g/mol. The summed E-state index contributed by atoms with van der Waals surface area (Å²) in [6.45, 7) is 8.19. The molecular weight excluding hydrogens is 492 g/mol. The van der Waals surface area contributed by atoms with Crippen LogP contribution in [0.2, 0.25) is 0 Å². The van der Waals surface area contributed by atoms with Crippen molar-refractivity contribution in [2.75, 3.05) is 13.1 Å². The number of aromatic nitrogens is 1. The highest BCUT2D eigenvalue weighted by atomic mass is 32.2. The van der Waals surface area contributed by atoms with E-state index in [9.17, 15) is 23.3 Å². The van der Waals surface area contributed by atoms with E-state index in [1.54, 1.807) is 16.7 Å². The molecule has 2 aromatic carbocycles. The van der Waals surface area contributed by atoms with Crippen molar-refractivity contribution in [1.29, 1.82) is 0 Å². The molecule has 1 amide bonds. The fourth-order valence-electron chi connectivity index (χ4n) is 3.96. The van der Waals surface area contributed by atoms with Gasteiger partial charge in [-0.25, -0.2) is 8.42 Å². The van der Waals surface area contributed by atoms with Gasteiger partial charge in [0.2, 0.25) is 10.0 Å². The van der Waals surface area contributed by atoms with Gasteiger partial charge in [0.05, 0.1) is 32.2 Å². The van der Waals surface area contributed by atoms with Gasteiger partial charge in [0.1, 0.15) is 0 Å². The Morgan fingerprint density at radius 1 is 1.23 bits per heavy atom. The van der Waals surface area contributed by atoms with Crippen molar-refractivity contribution in [1.82, 2.24) is 8.87 Å². The Kier molecular flexibility index (Phi) is 6.99. The van der Waals surface area contributed by atoms with E-state index in [0.717, 1.165) is 4.70 Å². The minimum atomic E-state index is -3.73. The van der Waals surface area contributed by atoms with Crippen LogP contribution in [-0.4, -0.2) is 53.4 Å². The van der Waals surface area contributed by atoms with E-state index < -0.39 is 20.9 Å². The Balaban J connectivity index is 1.65. The van der Waals surface area contributed by atoms with Gasteiger partial charge < -0.3 is 9.30 Å². The highest BCUT2D eigenvalue weighted by Gasteiger charge is 2.32. The topological polar surface area (TPSA) is 124 Å². The maximum atomic E-state index is 13.0. The number of thiazole rings is 1. The van der Waals surface area contributed by atoms with E-state index in [4.69, 9.17) is 4.74 Å². The summed E-state index contributed by atoms with van der Waals surface area (Å²) in [5.74, 6) is -0.554. The minimum absolute atomic E-state index is 0.0631. The van der Waals surface area contributed by atoms with Gasteiger partial charge in [-0.2, -0.15) is 9.30 Å². The smallest absolute Gasteiger partial charge is 0.279 e. The fraction of sp³-hybridized carbons (Fsp3) is 0.304. The summed E-state index contributed by atoms with van der Waals surface area (Å²) in [6, 6.07) is 10.1. The van der Waals surface area contributed by atoms with Gasteiger partial charge in [-0.3, -0.25) is 14.9 Å². The van der Waals surface area contributed by atoms with Crippen molar-refractivity contribution >= 4 is 43.2 Å². The van der Waals surface area contributed by atoms with Gasteiger partial charge in [-0.15, -0.1) is 6.58 Å². The van der Waals surface area contributed by atoms with E-state index in [0.29, 0.717) is 16.9 Å². The second-order valence-corrected chi connectivity index (χ2v) is 11.2. The van der Waals surface area contributed by atoms with Gasteiger partial charge in [-0.1, -0.05) is 17.4 Å². The number of rotatable bonds is 6. The number of allylic oxidation sites excluding steroid dienone is 1. The van der Waals surface area contributed by atoms with E-state index in [1.807, 2.05) is 13.8 Å². The molecule has 0 saturated carbocycles. The number of amides is 1. The summed E-state index contributed by atoms with van der Waals surface area (Å²) in [7, 11) is -3.73. The zero-order chi connectivity index (χ0) is 25.3. The number of carbonyl (C=O) groups excluding carboxylic acids is 1. The maximum Gasteiger partial charge on any atom is 0.279 e. The van der Waals surface area contributed by atoms with E-state index in [1.165, 1.54) is 52.0 Å². The maximum absolute atomic E-state index is 13.0. The zero-order valence-corrected chi connectivity index (χ0v) is 20.8. The third-order valence-corrected chi connectivity index (χ3v) is 8.42. The van der Waals surface area contributed by atoms with Crippen LogP contribution in [-0.2, 0) is 21.3 Å². The van der Waals surface area contributed by atoms with Crippen molar-refractivity contribution in [3.63, 3.8) is 0 Å². The molecule has 2 atom stereocenters. The molecule has 35 heavy (non-hydrogen) atoms. The summed E-state index contributed by atoms with van der Waals surface area (Å²) in [5, 5.41) is 11.2. The predicted molar refractivity (Wildman–Crippen MR) is 132 cm³/mol. The number of carbonyl (C=O) groups is 1. The van der Waals surface area contributed by atoms with E-state index in [2.05, 4.69) is 11.6 Å². The number of ether oxygens (including phenoxy) is 1. The van der Waals surface area contributed by atoms with Crippen molar-refractivity contribution in [3.05, 3.63) is 75.6 Å². The number of fused-ring (bicyclic) bond motifs is 1. The first-order valence-electron chi connectivity index (χ1n) is 10.8. The standard InChI is InChI=1S/C23H24N4O6S2/c1-4-11-26-20-12-18(27(29)30)7-10-21(20)34-23(26)24-22(28)17-5-8-19(9-6-17)35(31,32)25-13-15(2)33-16(3)14-25/h4-10,12,15-16H,1,11,13-14H2,2-3H3. The molecule has 184 valence electrons. The minimum Gasteiger partial charge on any atom is -0.373 e. The fourth-order valence-corrected chi connectivity index (χ4v) is 6.57. The molecule has 0 aliphatic carbocycles. The third kappa shape index (κ3) is 5.10. The van der Waals surface area contributed by atoms with Crippen molar-refractivity contribution in [2.45, 2.75) is 37.5 Å². The van der Waals surface area contributed by atoms with Gasteiger partial charge in [0.15, 0.2) is 4.80 Å². The normalized spacial score (nSPS) is 19.7. The van der Waals surface area contributed by atoms with Crippen LogP contribution in [0.3, 0.4) is 0 Å². The molecule has 2 unspecified atom stereocenters. The molecule has 2 heterocycles. The van der Waals surface area contributed by atoms with Gasteiger partial charge in [-0.05, 0) is 44.2 Å². The second-order valence-electron chi connectivity index (χ2n) is 8.21. The number of nitro groups is 1.